The van der Waals surface area contributed by atoms with Crippen LogP contribution >= 0.6 is 0 Å². The quantitative estimate of drug-likeness (QED) is 0.796. The number of carbonyl (C=O) groups excluding carboxylic acids is 1. The number of rotatable bonds is 7. The van der Waals surface area contributed by atoms with Crippen LogP contribution in [0.25, 0.3) is 0 Å². The highest BCUT2D eigenvalue weighted by Gasteiger charge is 2.19. The lowest BCUT2D eigenvalue weighted by atomic mass is 10.0. The molecule has 0 saturated heterocycles. The third-order valence-electron chi connectivity index (χ3n) is 3.08. The van der Waals surface area contributed by atoms with E-state index < -0.39 is 23.3 Å². The van der Waals surface area contributed by atoms with Crippen LogP contribution in [0.3, 0.4) is 0 Å². The van der Waals surface area contributed by atoms with Gasteiger partial charge in [0.15, 0.2) is 11.6 Å². The molecule has 0 radical (unpaired) electrons. The van der Waals surface area contributed by atoms with Gasteiger partial charge in [-0.25, -0.2) is 9.18 Å². The Labute approximate surface area is 141 Å². The van der Waals surface area contributed by atoms with Crippen LogP contribution in [0.2, 0.25) is 0 Å². The summed E-state index contributed by atoms with van der Waals surface area (Å²) >= 11 is 0. The summed E-state index contributed by atoms with van der Waals surface area (Å²) in [5, 5.41) is 11.5. The van der Waals surface area contributed by atoms with Crippen molar-refractivity contribution in [2.45, 2.75) is 52.2 Å². The van der Waals surface area contributed by atoms with E-state index in [2.05, 4.69) is 5.32 Å². The van der Waals surface area contributed by atoms with Crippen molar-refractivity contribution in [3.8, 4) is 5.75 Å². The van der Waals surface area contributed by atoms with Crippen LogP contribution in [0.15, 0.2) is 12.1 Å². The molecule has 1 aromatic rings. The lowest BCUT2D eigenvalue weighted by molar-refractivity contribution is 0.0506. The van der Waals surface area contributed by atoms with E-state index >= 15 is 0 Å². The zero-order valence-corrected chi connectivity index (χ0v) is 14.5. The van der Waals surface area contributed by atoms with Gasteiger partial charge in [-0.05, 0) is 52.2 Å². The summed E-state index contributed by atoms with van der Waals surface area (Å²) in [5.74, 6) is -2.28. The van der Waals surface area contributed by atoms with Crippen LogP contribution in [0.4, 0.5) is 13.6 Å². The number of benzene rings is 1. The molecular weight excluding hydrogens is 320 g/mol. The Hall–Kier alpha value is -1.89. The molecule has 0 aliphatic carbocycles. The molecule has 136 valence electrons. The number of aryl methyl sites for hydroxylation is 1. The molecular formula is C17H25F2NO4. The second kappa shape index (κ2) is 8.82. The van der Waals surface area contributed by atoms with Crippen molar-refractivity contribution in [1.29, 1.82) is 0 Å². The SMILES string of the molecule is C[C@H](CCc1ccc(F)c(F)c1OCCO)NC(=O)OC(C)(C)C. The maximum Gasteiger partial charge on any atom is 0.407 e. The second-order valence-corrected chi connectivity index (χ2v) is 6.51. The lowest BCUT2D eigenvalue weighted by Gasteiger charge is -2.22. The summed E-state index contributed by atoms with van der Waals surface area (Å²) < 4.78 is 37.4. The van der Waals surface area contributed by atoms with Crippen LogP contribution in [0.1, 0.15) is 39.7 Å². The third-order valence-corrected chi connectivity index (χ3v) is 3.08. The Morgan fingerprint density at radius 1 is 1.33 bits per heavy atom. The number of hydrogen-bond acceptors (Lipinski definition) is 4. The Balaban J connectivity index is 2.66. The minimum absolute atomic E-state index is 0.126. The lowest BCUT2D eigenvalue weighted by Crippen LogP contribution is -2.37. The first-order chi connectivity index (χ1) is 11.1. The molecule has 1 aromatic carbocycles. The highest BCUT2D eigenvalue weighted by molar-refractivity contribution is 5.68. The molecule has 0 unspecified atom stereocenters. The van der Waals surface area contributed by atoms with Gasteiger partial charge in [-0.2, -0.15) is 4.39 Å². The van der Waals surface area contributed by atoms with E-state index in [0.29, 0.717) is 18.4 Å². The average molecular weight is 345 g/mol. The van der Waals surface area contributed by atoms with E-state index in [0.717, 1.165) is 6.07 Å². The molecule has 0 aliphatic heterocycles. The molecule has 0 heterocycles. The minimum Gasteiger partial charge on any atom is -0.488 e. The minimum atomic E-state index is -1.08. The smallest absolute Gasteiger partial charge is 0.407 e. The highest BCUT2D eigenvalue weighted by Crippen LogP contribution is 2.26. The Kier molecular flexibility index (Phi) is 7.41. The average Bonchev–Trinajstić information content (AvgIpc) is 2.45. The summed E-state index contributed by atoms with van der Waals surface area (Å²) in [4.78, 5) is 11.7. The summed E-state index contributed by atoms with van der Waals surface area (Å²) in [6, 6.07) is 2.24. The molecule has 5 nitrogen and oxygen atoms in total. The van der Waals surface area contributed by atoms with E-state index in [4.69, 9.17) is 14.6 Å². The summed E-state index contributed by atoms with van der Waals surface area (Å²) in [6.07, 6.45) is 0.325. The van der Waals surface area contributed by atoms with Gasteiger partial charge in [0.05, 0.1) is 6.61 Å². The van der Waals surface area contributed by atoms with Crippen LogP contribution < -0.4 is 10.1 Å². The summed E-state index contributed by atoms with van der Waals surface area (Å²) in [6.45, 7) is 6.67. The fraction of sp³-hybridized carbons (Fsp3) is 0.588. The number of ether oxygens (including phenoxy) is 2. The first-order valence-electron chi connectivity index (χ1n) is 7.84. The zero-order valence-electron chi connectivity index (χ0n) is 14.5. The van der Waals surface area contributed by atoms with Crippen molar-refractivity contribution in [3.05, 3.63) is 29.3 Å². The predicted molar refractivity (Wildman–Crippen MR) is 86.1 cm³/mol. The van der Waals surface area contributed by atoms with Crippen molar-refractivity contribution in [2.24, 2.45) is 0 Å². The van der Waals surface area contributed by atoms with Crippen LogP contribution in [0.5, 0.6) is 5.75 Å². The monoisotopic (exact) mass is 345 g/mol. The highest BCUT2D eigenvalue weighted by atomic mass is 19.2. The molecule has 0 aromatic heterocycles. The number of amides is 1. The van der Waals surface area contributed by atoms with E-state index in [1.54, 1.807) is 27.7 Å². The van der Waals surface area contributed by atoms with Crippen LogP contribution in [-0.4, -0.2) is 36.1 Å². The summed E-state index contributed by atoms with van der Waals surface area (Å²) in [5.41, 5.74) is -0.116. The predicted octanol–water partition coefficient (Wildman–Crippen LogP) is 3.18. The molecule has 2 N–H and O–H groups in total. The van der Waals surface area contributed by atoms with E-state index in [1.807, 2.05) is 0 Å². The molecule has 1 rings (SSSR count). The van der Waals surface area contributed by atoms with Gasteiger partial charge in [0.25, 0.3) is 0 Å². The Bertz CT molecular complexity index is 558. The normalized spacial score (nSPS) is 12.6. The van der Waals surface area contributed by atoms with Gasteiger partial charge >= 0.3 is 6.09 Å². The maximum atomic E-state index is 13.8. The van der Waals surface area contributed by atoms with Gasteiger partial charge in [-0.3, -0.25) is 0 Å². The van der Waals surface area contributed by atoms with E-state index in [9.17, 15) is 13.6 Å². The first-order valence-corrected chi connectivity index (χ1v) is 7.84. The fourth-order valence-electron chi connectivity index (χ4n) is 2.03. The number of hydrogen-bond donors (Lipinski definition) is 2. The Morgan fingerprint density at radius 2 is 2.00 bits per heavy atom. The largest absolute Gasteiger partial charge is 0.488 e. The van der Waals surface area contributed by atoms with Crippen molar-refractivity contribution >= 4 is 6.09 Å². The van der Waals surface area contributed by atoms with Gasteiger partial charge < -0.3 is 19.9 Å². The van der Waals surface area contributed by atoms with Gasteiger partial charge in [0, 0.05) is 6.04 Å². The molecule has 1 amide bonds. The van der Waals surface area contributed by atoms with Crippen molar-refractivity contribution < 1.29 is 28.2 Å². The number of aliphatic hydroxyl groups is 1. The molecule has 0 aliphatic rings. The van der Waals surface area contributed by atoms with Gasteiger partial charge in [0.1, 0.15) is 12.2 Å². The molecule has 0 saturated carbocycles. The molecule has 7 heteroatoms. The van der Waals surface area contributed by atoms with Gasteiger partial charge in [-0.1, -0.05) is 6.07 Å². The first kappa shape index (κ1) is 20.2. The van der Waals surface area contributed by atoms with Crippen molar-refractivity contribution in [1.82, 2.24) is 5.32 Å². The van der Waals surface area contributed by atoms with Crippen LogP contribution in [0, 0.1) is 11.6 Å². The third kappa shape index (κ3) is 6.70. The molecule has 0 fully saturated rings. The second-order valence-electron chi connectivity index (χ2n) is 6.51. The van der Waals surface area contributed by atoms with Crippen molar-refractivity contribution in [2.75, 3.05) is 13.2 Å². The topological polar surface area (TPSA) is 67.8 Å². The number of aliphatic hydroxyl groups excluding tert-OH is 1. The molecule has 0 spiro atoms. The number of halogens is 2. The molecule has 1 atom stereocenters. The van der Waals surface area contributed by atoms with E-state index in [-0.39, 0.29) is 25.0 Å². The number of alkyl carbamates (subject to hydrolysis) is 1. The Morgan fingerprint density at radius 3 is 2.58 bits per heavy atom. The number of nitrogens with one attached hydrogen (secondary N) is 1. The standard InChI is InChI=1S/C17H25F2NO4/c1-11(20-16(22)24-17(2,3)4)5-6-12-7-8-13(18)14(19)15(12)23-10-9-21/h7-8,11,21H,5-6,9-10H2,1-4H3,(H,20,22)/t11-/m1/s1. The van der Waals surface area contributed by atoms with Crippen LogP contribution in [-0.2, 0) is 11.2 Å². The summed E-state index contributed by atoms with van der Waals surface area (Å²) in [7, 11) is 0. The zero-order chi connectivity index (χ0) is 18.3. The van der Waals surface area contributed by atoms with Gasteiger partial charge in [-0.15, -0.1) is 0 Å². The fourth-order valence-corrected chi connectivity index (χ4v) is 2.03. The maximum absolute atomic E-state index is 13.8. The van der Waals surface area contributed by atoms with E-state index in [1.165, 1.54) is 6.07 Å². The molecule has 0 bridgehead atoms. The molecule has 24 heavy (non-hydrogen) atoms. The number of carbonyl (C=O) groups is 1. The van der Waals surface area contributed by atoms with Gasteiger partial charge in [0.2, 0.25) is 5.82 Å². The van der Waals surface area contributed by atoms with Crippen molar-refractivity contribution in [3.63, 3.8) is 0 Å².